The third-order valence-corrected chi connectivity index (χ3v) is 16.7. The Morgan fingerprint density at radius 1 is 0.534 bits per heavy atom. The lowest BCUT2D eigenvalue weighted by molar-refractivity contribution is 0.448. The van der Waals surface area contributed by atoms with Gasteiger partial charge in [0.1, 0.15) is 5.58 Å². The Labute approximate surface area is 428 Å². The van der Waals surface area contributed by atoms with Gasteiger partial charge in [0.2, 0.25) is 0 Å². The second-order valence-electron chi connectivity index (χ2n) is 20.8. The van der Waals surface area contributed by atoms with E-state index in [0.717, 1.165) is 53.3 Å². The quantitative estimate of drug-likeness (QED) is 0.119. The molecule has 1 aliphatic rings. The van der Waals surface area contributed by atoms with Crippen LogP contribution in [0, 0.1) is 11.8 Å². The van der Waals surface area contributed by atoms with E-state index < -0.39 is 0 Å². The van der Waals surface area contributed by atoms with Gasteiger partial charge in [-0.2, -0.15) is 0 Å². The Morgan fingerprint density at radius 3 is 1.81 bits per heavy atom. The van der Waals surface area contributed by atoms with Gasteiger partial charge in [-0.3, -0.25) is 4.99 Å². The second-order valence-corrected chi connectivity index (χ2v) is 20.8. The topological polar surface area (TPSA) is 30.4 Å². The van der Waals surface area contributed by atoms with Crippen LogP contribution in [0.2, 0.25) is 0 Å². The zero-order valence-corrected chi connectivity index (χ0v) is 42.2. The number of aliphatic imine (C=N–C) groups is 1. The fourth-order valence-electron chi connectivity index (χ4n) is 12.6. The maximum atomic E-state index is 7.06. The molecule has 10 aromatic carbocycles. The molecule has 13 rings (SSSR count). The van der Waals surface area contributed by atoms with Gasteiger partial charge in [0, 0.05) is 39.1 Å². The summed E-state index contributed by atoms with van der Waals surface area (Å²) < 4.78 is 9.57. The van der Waals surface area contributed by atoms with Gasteiger partial charge in [0.05, 0.1) is 22.8 Å². The van der Waals surface area contributed by atoms with Crippen molar-refractivity contribution in [3.05, 3.63) is 235 Å². The Hall–Kier alpha value is -8.01. The van der Waals surface area contributed by atoms with Crippen LogP contribution in [0.1, 0.15) is 87.1 Å². The van der Waals surface area contributed by atoms with Crippen LogP contribution in [0.3, 0.4) is 0 Å². The van der Waals surface area contributed by atoms with Crippen molar-refractivity contribution in [1.29, 1.82) is 0 Å². The van der Waals surface area contributed by atoms with Crippen LogP contribution in [0.25, 0.3) is 93.2 Å². The fourth-order valence-corrected chi connectivity index (χ4v) is 12.6. The Kier molecular flexibility index (Phi) is 11.4. The lowest BCUT2D eigenvalue weighted by Crippen LogP contribution is -2.28. The molecule has 0 saturated heterocycles. The molecule has 0 saturated carbocycles. The Bertz CT molecular complexity index is 3970. The van der Waals surface area contributed by atoms with E-state index in [-0.39, 0.29) is 23.8 Å². The van der Waals surface area contributed by atoms with Gasteiger partial charge in [-0.15, -0.1) is 0 Å². The number of hydrogen-bond acceptors (Lipinski definition) is 2. The number of aryl methyl sites for hydroxylation is 1. The molecule has 0 amide bonds. The predicted molar refractivity (Wildman–Crippen MR) is 310 cm³/mol. The van der Waals surface area contributed by atoms with Crippen LogP contribution in [0.4, 0.5) is 0 Å². The molecule has 2 aromatic heterocycles. The van der Waals surface area contributed by atoms with Crippen molar-refractivity contribution in [2.24, 2.45) is 16.8 Å². The molecule has 3 nitrogen and oxygen atoms in total. The first kappa shape index (κ1) is 44.9. The summed E-state index contributed by atoms with van der Waals surface area (Å²) in [5.74, 6) is 0.685. The van der Waals surface area contributed by atoms with E-state index in [4.69, 9.17) is 9.41 Å². The zero-order valence-electron chi connectivity index (χ0n) is 42.2. The minimum Gasteiger partial charge on any atom is -0.454 e. The smallest absolute Gasteiger partial charge is 0.159 e. The summed E-state index contributed by atoms with van der Waals surface area (Å²) in [5.41, 5.74) is 17.1. The SMILES string of the molecule is CCC(C)C(/N=C(/C1CCc2ccccc2-c2ccccc21)C(CC)C(C)c1cc(-n2c3cc4ccccc4cc3c3cc4ccccc4cc32)c2oc3ccccc3c2c1)c1ccc(-c2ccccc2)cc1. The highest BCUT2D eigenvalue weighted by Gasteiger charge is 2.35. The van der Waals surface area contributed by atoms with Gasteiger partial charge in [0.25, 0.3) is 0 Å². The van der Waals surface area contributed by atoms with Crippen LogP contribution in [0.5, 0.6) is 0 Å². The molecule has 73 heavy (non-hydrogen) atoms. The van der Waals surface area contributed by atoms with Crippen molar-refractivity contribution < 1.29 is 4.42 Å². The Balaban J connectivity index is 1.04. The summed E-state index contributed by atoms with van der Waals surface area (Å²) >= 11 is 0. The normalized spacial score (nSPS) is 15.7. The maximum Gasteiger partial charge on any atom is 0.159 e. The van der Waals surface area contributed by atoms with Gasteiger partial charge < -0.3 is 8.98 Å². The van der Waals surface area contributed by atoms with Gasteiger partial charge in [-0.05, 0) is 140 Å². The fraction of sp³-hybridized carbons (Fsp3) is 0.186. The molecular weight excluding hydrogens is 885 g/mol. The summed E-state index contributed by atoms with van der Waals surface area (Å²) in [7, 11) is 0. The van der Waals surface area contributed by atoms with Crippen LogP contribution in [-0.2, 0) is 6.42 Å². The van der Waals surface area contributed by atoms with Gasteiger partial charge in [-0.25, -0.2) is 0 Å². The lowest BCUT2D eigenvalue weighted by atomic mass is 9.74. The molecule has 0 aliphatic heterocycles. The molecule has 2 heterocycles. The highest BCUT2D eigenvalue weighted by atomic mass is 16.3. The highest BCUT2D eigenvalue weighted by molar-refractivity contribution is 6.18. The predicted octanol–water partition coefficient (Wildman–Crippen LogP) is 19.4. The number of benzene rings is 10. The van der Waals surface area contributed by atoms with Crippen LogP contribution in [0.15, 0.2) is 222 Å². The molecule has 356 valence electrons. The van der Waals surface area contributed by atoms with E-state index in [2.05, 4.69) is 245 Å². The molecule has 0 fully saturated rings. The lowest BCUT2D eigenvalue weighted by Gasteiger charge is -2.33. The summed E-state index contributed by atoms with van der Waals surface area (Å²) in [6.07, 6.45) is 3.96. The first-order chi connectivity index (χ1) is 35.9. The molecule has 12 aromatic rings. The minimum atomic E-state index is -0.0121. The number of furan rings is 1. The van der Waals surface area contributed by atoms with E-state index in [1.54, 1.807) is 0 Å². The van der Waals surface area contributed by atoms with Gasteiger partial charge in [0.15, 0.2) is 5.58 Å². The summed E-state index contributed by atoms with van der Waals surface area (Å²) in [4.78, 5) is 6.27. The molecule has 1 aliphatic carbocycles. The summed E-state index contributed by atoms with van der Waals surface area (Å²) in [6.45, 7) is 9.61. The number of aromatic nitrogens is 1. The number of rotatable bonds is 11. The first-order valence-electron chi connectivity index (χ1n) is 26.7. The summed E-state index contributed by atoms with van der Waals surface area (Å²) in [5, 5.41) is 9.68. The van der Waals surface area contributed by atoms with Crippen LogP contribution in [-0.4, -0.2) is 10.3 Å². The molecule has 3 heteroatoms. The van der Waals surface area contributed by atoms with Crippen molar-refractivity contribution in [2.45, 2.75) is 71.3 Å². The van der Waals surface area contributed by atoms with Crippen molar-refractivity contribution in [3.8, 4) is 27.9 Å². The van der Waals surface area contributed by atoms with E-state index in [0.29, 0.717) is 5.92 Å². The maximum absolute atomic E-state index is 7.06. The number of para-hydroxylation sites is 1. The third-order valence-electron chi connectivity index (χ3n) is 16.7. The van der Waals surface area contributed by atoms with E-state index >= 15 is 0 Å². The van der Waals surface area contributed by atoms with Crippen molar-refractivity contribution in [2.75, 3.05) is 0 Å². The number of fused-ring (bicyclic) bond motifs is 11. The highest BCUT2D eigenvalue weighted by Crippen LogP contribution is 2.47. The molecule has 0 bridgehead atoms. The van der Waals surface area contributed by atoms with E-state index in [1.165, 1.54) is 93.6 Å². The van der Waals surface area contributed by atoms with Crippen molar-refractivity contribution in [3.63, 3.8) is 0 Å². The van der Waals surface area contributed by atoms with Crippen LogP contribution >= 0.6 is 0 Å². The number of nitrogens with zero attached hydrogens (tertiary/aromatic N) is 2. The largest absolute Gasteiger partial charge is 0.454 e. The van der Waals surface area contributed by atoms with Gasteiger partial charge in [-0.1, -0.05) is 204 Å². The van der Waals surface area contributed by atoms with Crippen molar-refractivity contribution >= 4 is 71.0 Å². The van der Waals surface area contributed by atoms with E-state index in [9.17, 15) is 0 Å². The monoisotopic (exact) mass is 944 g/mol. The standard InChI is InChI=1S/C70H60N2O/c1-5-44(3)68(49-34-32-47(33-35-49)46-20-8-7-9-21-46)71-69(60-37-36-48-22-14-15-27-56(48)57-28-16-17-29-58(57)60)55(6-2)45(4)54-40-63-59-30-18-19-31-67(59)73-70(63)66(43-54)72-64-41-52-25-12-10-23-50(52)38-61(64)62-39-51-24-11-13-26-53(51)42-65(62)72/h7-35,38-45,55,60,68H,5-6,36-37H2,1-4H3/b71-69+. The third kappa shape index (κ3) is 7.76. The Morgan fingerprint density at radius 2 is 1.12 bits per heavy atom. The molecule has 0 radical (unpaired) electrons. The van der Waals surface area contributed by atoms with E-state index in [1.807, 2.05) is 0 Å². The second kappa shape index (κ2) is 18.6. The first-order valence-corrected chi connectivity index (χ1v) is 26.7. The number of hydrogen-bond donors (Lipinski definition) is 0. The minimum absolute atomic E-state index is 0.0121. The van der Waals surface area contributed by atoms with Crippen molar-refractivity contribution in [1.82, 2.24) is 4.57 Å². The molecule has 0 spiro atoms. The summed E-state index contributed by atoms with van der Waals surface area (Å²) in [6, 6.07) is 79.0. The molecule has 5 unspecified atom stereocenters. The molecular formula is C70H60N2O. The average molecular weight is 945 g/mol. The van der Waals surface area contributed by atoms with Crippen LogP contribution < -0.4 is 0 Å². The van der Waals surface area contributed by atoms with Gasteiger partial charge >= 0.3 is 0 Å². The average Bonchev–Trinajstić information content (AvgIpc) is 3.91. The molecule has 0 N–H and O–H groups in total. The zero-order chi connectivity index (χ0) is 49.2. The molecule has 5 atom stereocenters.